The van der Waals surface area contributed by atoms with Gasteiger partial charge in [-0.15, -0.1) is 0 Å². The van der Waals surface area contributed by atoms with Gasteiger partial charge in [0.15, 0.2) is 5.82 Å². The number of piperazine rings is 1. The number of aromatic amines is 1. The lowest BCUT2D eigenvalue weighted by atomic mass is 10.1. The molecule has 1 N–H and O–H groups in total. The SMILES string of the molecule is C[C@@H]1CN(c2sc(C(F)(F)F)nc2-c2nc3ccccc3[nH]2)CCN1C(=O)Cn1nccc1-c1ccccc1. The first-order valence-electron chi connectivity index (χ1n) is 12.4. The number of rotatable bonds is 5. The van der Waals surface area contributed by atoms with Crippen molar-refractivity contribution in [1.82, 2.24) is 29.6 Å². The van der Waals surface area contributed by atoms with Gasteiger partial charge in [0, 0.05) is 31.9 Å². The fourth-order valence-corrected chi connectivity index (χ4v) is 5.88. The van der Waals surface area contributed by atoms with Crippen LogP contribution in [-0.4, -0.2) is 61.2 Å². The molecule has 1 atom stereocenters. The zero-order chi connectivity index (χ0) is 27.1. The van der Waals surface area contributed by atoms with E-state index >= 15 is 0 Å². The summed E-state index contributed by atoms with van der Waals surface area (Å²) in [6.45, 7) is 3.07. The average molecular weight is 552 g/mol. The molecule has 6 rings (SSSR count). The van der Waals surface area contributed by atoms with Crippen molar-refractivity contribution < 1.29 is 18.0 Å². The summed E-state index contributed by atoms with van der Waals surface area (Å²) in [5, 5.41) is 3.80. The molecule has 200 valence electrons. The first-order chi connectivity index (χ1) is 18.8. The average Bonchev–Trinajstić information content (AvgIpc) is 3.66. The zero-order valence-electron chi connectivity index (χ0n) is 20.9. The maximum atomic E-state index is 13.7. The summed E-state index contributed by atoms with van der Waals surface area (Å²) in [6.07, 6.45) is -2.91. The Morgan fingerprint density at radius 2 is 1.82 bits per heavy atom. The highest BCUT2D eigenvalue weighted by molar-refractivity contribution is 7.16. The van der Waals surface area contributed by atoms with Gasteiger partial charge in [-0.25, -0.2) is 9.97 Å². The number of carbonyl (C=O) groups excluding carboxylic acids is 1. The molecule has 4 heterocycles. The van der Waals surface area contributed by atoms with E-state index in [2.05, 4.69) is 20.1 Å². The zero-order valence-corrected chi connectivity index (χ0v) is 21.7. The first-order valence-corrected chi connectivity index (χ1v) is 13.2. The molecule has 3 aromatic heterocycles. The third-order valence-corrected chi connectivity index (χ3v) is 7.93. The van der Waals surface area contributed by atoms with Gasteiger partial charge in [0.1, 0.15) is 17.2 Å². The molecular formula is C27H24F3N7OS. The summed E-state index contributed by atoms with van der Waals surface area (Å²) >= 11 is 0.605. The molecule has 2 aromatic carbocycles. The molecule has 0 bridgehead atoms. The number of alkyl halides is 3. The number of para-hydroxylation sites is 2. The Morgan fingerprint density at radius 1 is 1.05 bits per heavy atom. The van der Waals surface area contributed by atoms with Gasteiger partial charge in [0.25, 0.3) is 0 Å². The number of halogens is 3. The van der Waals surface area contributed by atoms with Crippen molar-refractivity contribution in [1.29, 1.82) is 0 Å². The smallest absolute Gasteiger partial charge is 0.358 e. The number of nitrogens with zero attached hydrogens (tertiary/aromatic N) is 6. The van der Waals surface area contributed by atoms with Gasteiger partial charge < -0.3 is 14.8 Å². The Labute approximate surface area is 225 Å². The number of nitrogens with one attached hydrogen (secondary N) is 1. The van der Waals surface area contributed by atoms with E-state index in [0.717, 1.165) is 16.8 Å². The molecule has 0 radical (unpaired) electrons. The number of carbonyl (C=O) groups is 1. The summed E-state index contributed by atoms with van der Waals surface area (Å²) in [4.78, 5) is 28.5. The number of amides is 1. The van der Waals surface area contributed by atoms with Gasteiger partial charge in [0.05, 0.1) is 16.7 Å². The topological polar surface area (TPSA) is 82.9 Å². The number of hydrogen-bond acceptors (Lipinski definition) is 6. The number of hydrogen-bond donors (Lipinski definition) is 1. The summed E-state index contributed by atoms with van der Waals surface area (Å²) < 4.78 is 42.7. The van der Waals surface area contributed by atoms with Crippen LogP contribution in [0.4, 0.5) is 18.2 Å². The van der Waals surface area contributed by atoms with E-state index in [1.807, 2.05) is 66.4 Å². The van der Waals surface area contributed by atoms with Crippen LogP contribution in [0.3, 0.4) is 0 Å². The van der Waals surface area contributed by atoms with Crippen LogP contribution in [0.1, 0.15) is 11.9 Å². The van der Waals surface area contributed by atoms with E-state index in [0.29, 0.717) is 41.5 Å². The lowest BCUT2D eigenvalue weighted by Gasteiger charge is -2.40. The predicted molar refractivity (Wildman–Crippen MR) is 143 cm³/mol. The standard InChI is InChI=1S/C27H24F3N7OS/c1-17-15-35(13-14-36(17)22(38)16-37-21(11-12-31-37)18-7-3-2-4-8-18)25-23(34-26(39-25)27(28,29)30)24-32-19-9-5-6-10-20(19)33-24/h2-12,17H,13-16H2,1H3,(H,32,33)/t17-/m1/s1. The Morgan fingerprint density at radius 3 is 2.56 bits per heavy atom. The number of imidazole rings is 1. The van der Waals surface area contributed by atoms with Crippen LogP contribution in [0.25, 0.3) is 33.8 Å². The van der Waals surface area contributed by atoms with E-state index in [4.69, 9.17) is 0 Å². The van der Waals surface area contributed by atoms with E-state index < -0.39 is 11.2 Å². The van der Waals surface area contributed by atoms with Gasteiger partial charge in [-0.2, -0.15) is 18.3 Å². The van der Waals surface area contributed by atoms with Crippen molar-refractivity contribution >= 4 is 33.3 Å². The van der Waals surface area contributed by atoms with Gasteiger partial charge in [-0.3, -0.25) is 9.48 Å². The molecule has 0 spiro atoms. The molecule has 8 nitrogen and oxygen atoms in total. The summed E-state index contributed by atoms with van der Waals surface area (Å²) in [6, 6.07) is 18.6. The van der Waals surface area contributed by atoms with Crippen LogP contribution >= 0.6 is 11.3 Å². The minimum Gasteiger partial charge on any atom is -0.358 e. The molecule has 12 heteroatoms. The molecular weight excluding hydrogens is 527 g/mol. The van der Waals surface area contributed by atoms with Gasteiger partial charge in [-0.05, 0) is 30.7 Å². The van der Waals surface area contributed by atoms with Crippen LogP contribution in [-0.2, 0) is 17.5 Å². The first kappa shape index (κ1) is 25.1. The van der Waals surface area contributed by atoms with Crippen molar-refractivity contribution in [3.8, 4) is 22.8 Å². The number of H-pyrrole nitrogens is 1. The van der Waals surface area contributed by atoms with E-state index in [1.54, 1.807) is 21.8 Å². The molecule has 0 aliphatic carbocycles. The number of anilines is 1. The lowest BCUT2D eigenvalue weighted by Crippen LogP contribution is -2.54. The van der Waals surface area contributed by atoms with Crippen molar-refractivity contribution in [2.75, 3.05) is 24.5 Å². The molecule has 1 saturated heterocycles. The quantitative estimate of drug-likeness (QED) is 0.320. The van der Waals surface area contributed by atoms with Crippen LogP contribution in [0, 0.1) is 0 Å². The lowest BCUT2D eigenvalue weighted by molar-refractivity contribution is -0.137. The van der Waals surface area contributed by atoms with Crippen LogP contribution in [0.15, 0.2) is 66.9 Å². The summed E-state index contributed by atoms with van der Waals surface area (Å²) in [5.74, 6) is 0.192. The highest BCUT2D eigenvalue weighted by atomic mass is 32.1. The third kappa shape index (κ3) is 4.87. The summed E-state index contributed by atoms with van der Waals surface area (Å²) in [7, 11) is 0. The van der Waals surface area contributed by atoms with Crippen molar-refractivity contribution in [2.45, 2.75) is 25.7 Å². The predicted octanol–water partition coefficient (Wildman–Crippen LogP) is 5.31. The van der Waals surface area contributed by atoms with Gasteiger partial charge in [-0.1, -0.05) is 53.8 Å². The molecule has 1 aliphatic heterocycles. The van der Waals surface area contributed by atoms with Crippen molar-refractivity contribution in [3.63, 3.8) is 0 Å². The maximum absolute atomic E-state index is 13.7. The van der Waals surface area contributed by atoms with E-state index in [1.165, 1.54) is 0 Å². The third-order valence-electron chi connectivity index (χ3n) is 6.77. The fourth-order valence-electron chi connectivity index (χ4n) is 4.91. The van der Waals surface area contributed by atoms with Crippen LogP contribution < -0.4 is 4.90 Å². The monoisotopic (exact) mass is 551 g/mol. The van der Waals surface area contributed by atoms with Gasteiger partial charge in [0.2, 0.25) is 10.9 Å². The van der Waals surface area contributed by atoms with E-state index in [9.17, 15) is 18.0 Å². The molecule has 1 fully saturated rings. The molecule has 5 aromatic rings. The Kier molecular flexibility index (Phi) is 6.34. The minimum atomic E-state index is -4.58. The molecule has 0 saturated carbocycles. The maximum Gasteiger partial charge on any atom is 0.443 e. The number of aromatic nitrogens is 5. The highest BCUT2D eigenvalue weighted by Gasteiger charge is 2.39. The van der Waals surface area contributed by atoms with Crippen molar-refractivity contribution in [3.05, 3.63) is 71.9 Å². The highest BCUT2D eigenvalue weighted by Crippen LogP contribution is 2.42. The Bertz CT molecular complexity index is 1590. The largest absolute Gasteiger partial charge is 0.443 e. The molecule has 0 unspecified atom stereocenters. The molecule has 1 amide bonds. The Balaban J connectivity index is 1.23. The van der Waals surface area contributed by atoms with Gasteiger partial charge >= 0.3 is 6.18 Å². The van der Waals surface area contributed by atoms with Crippen LogP contribution in [0.5, 0.6) is 0 Å². The molecule has 1 aliphatic rings. The number of benzene rings is 2. The normalized spacial score (nSPS) is 16.3. The summed E-state index contributed by atoms with van der Waals surface area (Å²) in [5.41, 5.74) is 3.34. The number of fused-ring (bicyclic) bond motifs is 1. The number of thiazole rings is 1. The Hall–Kier alpha value is -4.19. The minimum absolute atomic E-state index is 0.0740. The van der Waals surface area contributed by atoms with Crippen molar-refractivity contribution in [2.24, 2.45) is 0 Å². The van der Waals surface area contributed by atoms with E-state index in [-0.39, 0.29) is 30.0 Å². The van der Waals surface area contributed by atoms with Crippen LogP contribution in [0.2, 0.25) is 0 Å². The second-order valence-electron chi connectivity index (χ2n) is 9.40. The second-order valence-corrected chi connectivity index (χ2v) is 10.4. The molecule has 39 heavy (non-hydrogen) atoms. The fraction of sp³-hybridized carbons (Fsp3) is 0.259. The second kappa shape index (κ2) is 9.84.